The molecule has 1 aromatic rings. The van der Waals surface area contributed by atoms with Crippen LogP contribution < -0.4 is 33.2 Å². The zero-order chi connectivity index (χ0) is 33.2. The lowest BCUT2D eigenvalue weighted by molar-refractivity contribution is -0.192. The van der Waals surface area contributed by atoms with Gasteiger partial charge in [-0.2, -0.15) is 13.2 Å². The monoisotopic (exact) mass is 621 g/mol. The maximum Gasteiger partial charge on any atom is 0.490 e. The molecule has 3 amide bonds. The number of aliphatic imine (C=N–C) groups is 1. The van der Waals surface area contributed by atoms with E-state index in [9.17, 15) is 42.3 Å². The number of carbonyl (C=O) groups excluding carboxylic acids is 3. The van der Waals surface area contributed by atoms with Gasteiger partial charge in [0.15, 0.2) is 5.96 Å². The number of nitrogens with one attached hydrogen (secondary N) is 3. The van der Waals surface area contributed by atoms with Gasteiger partial charge in [-0.05, 0) is 18.4 Å². The molecule has 43 heavy (non-hydrogen) atoms. The number of rotatable bonds is 16. The molecule has 0 aliphatic rings. The fraction of sp³-hybridized carbons (Fsp3) is 0.458. The van der Waals surface area contributed by atoms with E-state index in [0.29, 0.717) is 24.9 Å². The molecule has 240 valence electrons. The lowest BCUT2D eigenvalue weighted by Crippen LogP contribution is -2.53. The number of hydrogen-bond donors (Lipinski definition) is 9. The molecule has 0 fully saturated rings. The molecule has 0 aliphatic heterocycles. The predicted octanol–water partition coefficient (Wildman–Crippen LogP) is -1.72. The van der Waals surface area contributed by atoms with Crippen molar-refractivity contribution in [1.82, 2.24) is 16.0 Å². The van der Waals surface area contributed by atoms with Crippen molar-refractivity contribution in [3.05, 3.63) is 35.9 Å². The first-order valence-corrected chi connectivity index (χ1v) is 12.4. The molecule has 1 rings (SSSR count). The SMILES string of the molecule is NC(N)=NCCC[C@H](N)C(=O)NCCC(=O)N[C@@H](CC(=O)O)C(=O)N[C@@H](Cc1ccccc1)C(=O)O.O=C(O)C(F)(F)F. The second-order valence-electron chi connectivity index (χ2n) is 8.71. The molecule has 1 aromatic carbocycles. The summed E-state index contributed by atoms with van der Waals surface area (Å²) in [5, 5.41) is 32.7. The summed E-state index contributed by atoms with van der Waals surface area (Å²) in [6.45, 7) is 0.201. The van der Waals surface area contributed by atoms with Crippen molar-refractivity contribution in [3.63, 3.8) is 0 Å². The van der Waals surface area contributed by atoms with Gasteiger partial charge in [-0.15, -0.1) is 0 Å². The van der Waals surface area contributed by atoms with Crippen molar-refractivity contribution in [2.75, 3.05) is 13.1 Å². The maximum absolute atomic E-state index is 12.6. The van der Waals surface area contributed by atoms with Gasteiger partial charge in [-0.25, -0.2) is 9.59 Å². The number of nitrogens with two attached hydrogens (primary N) is 3. The number of benzene rings is 1. The molecule has 0 radical (unpaired) electrons. The van der Waals surface area contributed by atoms with Gasteiger partial charge in [-0.3, -0.25) is 24.2 Å². The zero-order valence-corrected chi connectivity index (χ0v) is 22.7. The standard InChI is InChI=1S/C22H33N7O7.C2HF3O2/c23-14(7-4-9-27-22(24)25)19(33)26-10-8-17(30)28-15(12-18(31)32)20(34)29-16(21(35)36)11-13-5-2-1-3-6-13;3-2(4,5)1(6)7/h1-3,5-6,14-16H,4,7-12,23H2,(H,26,33)(H,28,30)(H,29,34)(H,31,32)(H,35,36)(H4,24,25,27);(H,6,7)/t14-,15-,16-;/m0./s1. The lowest BCUT2D eigenvalue weighted by atomic mass is 10.1. The Kier molecular flexibility index (Phi) is 17.0. The van der Waals surface area contributed by atoms with E-state index in [0.717, 1.165) is 0 Å². The third-order valence-electron chi connectivity index (χ3n) is 5.13. The molecule has 16 nitrogen and oxygen atoms in total. The summed E-state index contributed by atoms with van der Waals surface area (Å²) in [7, 11) is 0. The molecular formula is C24H34F3N7O9. The van der Waals surface area contributed by atoms with Crippen LogP contribution in [0.15, 0.2) is 35.3 Å². The summed E-state index contributed by atoms with van der Waals surface area (Å²) < 4.78 is 31.7. The predicted molar refractivity (Wildman–Crippen MR) is 143 cm³/mol. The summed E-state index contributed by atoms with van der Waals surface area (Å²) in [6.07, 6.45) is -5.36. The van der Waals surface area contributed by atoms with Crippen LogP contribution in [0.5, 0.6) is 0 Å². The number of alkyl halides is 3. The third kappa shape index (κ3) is 18.2. The van der Waals surface area contributed by atoms with Gasteiger partial charge in [-0.1, -0.05) is 30.3 Å². The van der Waals surface area contributed by atoms with Gasteiger partial charge in [0.05, 0.1) is 12.5 Å². The summed E-state index contributed by atoms with van der Waals surface area (Å²) in [4.78, 5) is 72.3. The summed E-state index contributed by atoms with van der Waals surface area (Å²) in [5.74, 6) is -7.68. The van der Waals surface area contributed by atoms with Crippen molar-refractivity contribution >= 4 is 41.6 Å². The van der Waals surface area contributed by atoms with Crippen molar-refractivity contribution in [2.24, 2.45) is 22.2 Å². The van der Waals surface area contributed by atoms with E-state index in [1.807, 2.05) is 0 Å². The van der Waals surface area contributed by atoms with Crippen LogP contribution >= 0.6 is 0 Å². The highest BCUT2D eigenvalue weighted by Gasteiger charge is 2.38. The molecule has 0 heterocycles. The topological polar surface area (TPSA) is 290 Å². The molecule has 3 atom stereocenters. The van der Waals surface area contributed by atoms with Crippen LogP contribution in [0.3, 0.4) is 0 Å². The van der Waals surface area contributed by atoms with Crippen molar-refractivity contribution in [2.45, 2.75) is 56.4 Å². The van der Waals surface area contributed by atoms with Crippen LogP contribution in [-0.4, -0.2) is 94.3 Å². The zero-order valence-electron chi connectivity index (χ0n) is 22.7. The largest absolute Gasteiger partial charge is 0.490 e. The highest BCUT2D eigenvalue weighted by molar-refractivity contribution is 5.93. The summed E-state index contributed by atoms with van der Waals surface area (Å²) in [6, 6.07) is 4.85. The maximum atomic E-state index is 12.6. The minimum absolute atomic E-state index is 0.0338. The van der Waals surface area contributed by atoms with E-state index in [-0.39, 0.29) is 25.3 Å². The van der Waals surface area contributed by atoms with Crippen LogP contribution in [0.4, 0.5) is 13.2 Å². The van der Waals surface area contributed by atoms with Gasteiger partial charge in [0, 0.05) is 25.9 Å². The lowest BCUT2D eigenvalue weighted by Gasteiger charge is -2.20. The Morgan fingerprint density at radius 1 is 0.907 bits per heavy atom. The molecule has 0 unspecified atom stereocenters. The smallest absolute Gasteiger partial charge is 0.481 e. The van der Waals surface area contributed by atoms with Crippen molar-refractivity contribution < 1.29 is 57.3 Å². The Bertz CT molecular complexity index is 1130. The molecule has 0 bridgehead atoms. The Hall–Kier alpha value is -4.94. The molecule has 0 aliphatic carbocycles. The van der Waals surface area contributed by atoms with Crippen LogP contribution in [-0.2, 0) is 35.2 Å². The van der Waals surface area contributed by atoms with E-state index in [1.165, 1.54) is 0 Å². The van der Waals surface area contributed by atoms with Crippen molar-refractivity contribution in [3.8, 4) is 0 Å². The number of amides is 3. The van der Waals surface area contributed by atoms with Crippen LogP contribution in [0, 0.1) is 0 Å². The fourth-order valence-corrected chi connectivity index (χ4v) is 3.05. The van der Waals surface area contributed by atoms with Gasteiger partial charge in [0.25, 0.3) is 0 Å². The second-order valence-corrected chi connectivity index (χ2v) is 8.71. The average Bonchev–Trinajstić information content (AvgIpc) is 2.90. The van der Waals surface area contributed by atoms with E-state index >= 15 is 0 Å². The first-order chi connectivity index (χ1) is 19.9. The average molecular weight is 622 g/mol. The first kappa shape index (κ1) is 38.1. The second kappa shape index (κ2) is 19.2. The molecule has 0 spiro atoms. The summed E-state index contributed by atoms with van der Waals surface area (Å²) in [5.41, 5.74) is 16.8. The molecule has 0 aromatic heterocycles. The van der Waals surface area contributed by atoms with E-state index in [2.05, 4.69) is 20.9 Å². The molecular weight excluding hydrogens is 587 g/mol. The minimum Gasteiger partial charge on any atom is -0.481 e. The highest BCUT2D eigenvalue weighted by Crippen LogP contribution is 2.13. The first-order valence-electron chi connectivity index (χ1n) is 12.4. The highest BCUT2D eigenvalue weighted by atomic mass is 19.4. The van der Waals surface area contributed by atoms with Crippen LogP contribution in [0.25, 0.3) is 0 Å². The Balaban J connectivity index is 0.00000223. The van der Waals surface area contributed by atoms with Gasteiger partial charge in [0.2, 0.25) is 17.7 Å². The minimum atomic E-state index is -5.08. The van der Waals surface area contributed by atoms with Gasteiger partial charge in [0.1, 0.15) is 12.1 Å². The van der Waals surface area contributed by atoms with E-state index < -0.39 is 66.4 Å². The Morgan fingerprint density at radius 3 is 1.98 bits per heavy atom. The van der Waals surface area contributed by atoms with Crippen molar-refractivity contribution in [1.29, 1.82) is 0 Å². The van der Waals surface area contributed by atoms with Gasteiger partial charge < -0.3 is 48.5 Å². The molecule has 19 heteroatoms. The Morgan fingerprint density at radius 2 is 1.49 bits per heavy atom. The molecule has 12 N–H and O–H groups in total. The van der Waals surface area contributed by atoms with E-state index in [4.69, 9.17) is 32.2 Å². The number of carboxylic acid groups (broad SMARTS) is 3. The quantitative estimate of drug-likeness (QED) is 0.0566. The number of guanidine groups is 1. The number of carboxylic acids is 3. The fourth-order valence-electron chi connectivity index (χ4n) is 3.05. The third-order valence-corrected chi connectivity index (χ3v) is 5.13. The molecule has 0 saturated heterocycles. The normalized spacial score (nSPS) is 12.7. The number of nitrogens with zero attached hydrogens (tertiary/aromatic N) is 1. The van der Waals surface area contributed by atoms with Crippen LogP contribution in [0.1, 0.15) is 31.2 Å². The number of aliphatic carboxylic acids is 3. The molecule has 0 saturated carbocycles. The number of carbonyl (C=O) groups is 6. The number of hydrogen-bond acceptors (Lipinski definition) is 8. The van der Waals surface area contributed by atoms with Crippen LogP contribution in [0.2, 0.25) is 0 Å². The Labute approximate surface area is 242 Å². The van der Waals surface area contributed by atoms with E-state index in [1.54, 1.807) is 30.3 Å². The summed E-state index contributed by atoms with van der Waals surface area (Å²) >= 11 is 0. The number of halogens is 3. The van der Waals surface area contributed by atoms with Gasteiger partial charge >= 0.3 is 24.1 Å².